The van der Waals surface area contributed by atoms with E-state index in [1.54, 1.807) is 19.9 Å². The maximum absolute atomic E-state index is 11.5. The molecule has 0 fully saturated rings. The van der Waals surface area contributed by atoms with Gasteiger partial charge in [-0.3, -0.25) is 15.1 Å². The maximum Gasteiger partial charge on any atom is 0.265 e. The van der Waals surface area contributed by atoms with Crippen molar-refractivity contribution in [3.05, 3.63) is 35.4 Å². The molecule has 0 atom stereocenters. The summed E-state index contributed by atoms with van der Waals surface area (Å²) in [6.07, 6.45) is 0. The van der Waals surface area contributed by atoms with Gasteiger partial charge in [0.15, 0.2) is 0 Å². The monoisotopic (exact) mass is 265 g/mol. The Bertz CT molecular complexity index is 427. The molecule has 106 valence electrons. The smallest absolute Gasteiger partial charge is 0.265 e. The molecule has 19 heavy (non-hydrogen) atoms. The molecule has 0 spiro atoms. The van der Waals surface area contributed by atoms with Crippen molar-refractivity contribution >= 4 is 5.91 Å². The van der Waals surface area contributed by atoms with Crippen molar-refractivity contribution < 1.29 is 9.90 Å². The predicted molar refractivity (Wildman–Crippen MR) is 75.3 cm³/mol. The highest BCUT2D eigenvalue weighted by Crippen LogP contribution is 2.11. The number of nitrogens with two attached hydrogens (primary N) is 1. The summed E-state index contributed by atoms with van der Waals surface area (Å²) in [4.78, 5) is 13.6. The summed E-state index contributed by atoms with van der Waals surface area (Å²) in [6.45, 7) is 7.71. The zero-order valence-electron chi connectivity index (χ0n) is 11.8. The molecule has 5 heteroatoms. The molecule has 1 aromatic carbocycles. The van der Waals surface area contributed by atoms with Gasteiger partial charge in [0.1, 0.15) is 0 Å². The van der Waals surface area contributed by atoms with Gasteiger partial charge < -0.3 is 5.11 Å². The van der Waals surface area contributed by atoms with E-state index in [2.05, 4.69) is 10.3 Å². The van der Waals surface area contributed by atoms with Gasteiger partial charge in [-0.15, -0.1) is 0 Å². The molecule has 1 rings (SSSR count). The second kappa shape index (κ2) is 6.65. The Labute approximate surface area is 114 Å². The summed E-state index contributed by atoms with van der Waals surface area (Å²) in [5.41, 5.74) is 2.95. The fraction of sp³-hybridized carbons (Fsp3) is 0.500. The highest BCUT2D eigenvalue weighted by Gasteiger charge is 2.17. The van der Waals surface area contributed by atoms with E-state index in [9.17, 15) is 9.90 Å². The van der Waals surface area contributed by atoms with Crippen LogP contribution in [-0.4, -0.2) is 34.6 Å². The molecule has 1 amide bonds. The average molecular weight is 265 g/mol. The number of carbonyl (C=O) groups excluding carboxylic acids is 1. The minimum atomic E-state index is -0.734. The topological polar surface area (TPSA) is 78.6 Å². The highest BCUT2D eigenvalue weighted by molar-refractivity contribution is 5.93. The van der Waals surface area contributed by atoms with Gasteiger partial charge in [0.2, 0.25) is 0 Å². The third-order valence-corrected chi connectivity index (χ3v) is 2.78. The molecule has 0 aromatic heterocycles. The van der Waals surface area contributed by atoms with Crippen LogP contribution in [0.1, 0.15) is 36.7 Å². The largest absolute Gasteiger partial charge is 0.389 e. The first-order chi connectivity index (χ1) is 8.85. The molecule has 0 aliphatic carbocycles. The Kier molecular flexibility index (Phi) is 5.47. The molecule has 4 N–H and O–H groups in total. The van der Waals surface area contributed by atoms with Gasteiger partial charge in [-0.05, 0) is 38.1 Å². The molecule has 0 heterocycles. The van der Waals surface area contributed by atoms with Gasteiger partial charge in [-0.1, -0.05) is 19.1 Å². The lowest BCUT2D eigenvalue weighted by Crippen LogP contribution is -2.38. The number of carbonyl (C=O) groups is 1. The molecule has 0 saturated carbocycles. The molecule has 0 unspecified atom stereocenters. The minimum absolute atomic E-state index is 0.299. The number of amides is 1. The van der Waals surface area contributed by atoms with E-state index in [1.165, 1.54) is 0 Å². The van der Waals surface area contributed by atoms with Gasteiger partial charge in [-0.2, -0.15) is 0 Å². The lowest BCUT2D eigenvalue weighted by Gasteiger charge is -2.28. The van der Waals surface area contributed by atoms with E-state index in [0.717, 1.165) is 12.1 Å². The standard InChI is InChI=1S/C14H23N3O2/c1-4-17(10-14(2,3)19)9-11-6-5-7-12(8-11)13(18)16-15/h5-8,19H,4,9-10,15H2,1-3H3,(H,16,18). The number of nitrogens with zero attached hydrogens (tertiary/aromatic N) is 1. The Balaban J connectivity index is 2.77. The molecule has 0 saturated heterocycles. The molecule has 0 aliphatic rings. The van der Waals surface area contributed by atoms with E-state index in [1.807, 2.05) is 25.1 Å². The van der Waals surface area contributed by atoms with Gasteiger partial charge in [0.05, 0.1) is 5.60 Å². The second-order valence-corrected chi connectivity index (χ2v) is 5.29. The first-order valence-corrected chi connectivity index (χ1v) is 6.40. The normalized spacial score (nSPS) is 11.7. The Morgan fingerprint density at radius 1 is 1.47 bits per heavy atom. The van der Waals surface area contributed by atoms with E-state index < -0.39 is 5.60 Å². The Morgan fingerprint density at radius 2 is 2.16 bits per heavy atom. The van der Waals surface area contributed by atoms with Gasteiger partial charge in [0, 0.05) is 18.7 Å². The molecule has 0 radical (unpaired) electrons. The van der Waals surface area contributed by atoms with Crippen molar-refractivity contribution in [1.29, 1.82) is 0 Å². The summed E-state index contributed by atoms with van der Waals surface area (Å²) in [5, 5.41) is 9.86. The highest BCUT2D eigenvalue weighted by atomic mass is 16.3. The van der Waals surface area contributed by atoms with Crippen molar-refractivity contribution in [2.24, 2.45) is 5.84 Å². The van der Waals surface area contributed by atoms with Crippen LogP contribution in [-0.2, 0) is 6.54 Å². The summed E-state index contributed by atoms with van der Waals surface area (Å²) in [6, 6.07) is 7.32. The number of hydrogen-bond donors (Lipinski definition) is 3. The third-order valence-electron chi connectivity index (χ3n) is 2.78. The average Bonchev–Trinajstić information content (AvgIpc) is 2.35. The maximum atomic E-state index is 11.5. The fourth-order valence-electron chi connectivity index (χ4n) is 1.98. The molecule has 0 bridgehead atoms. The van der Waals surface area contributed by atoms with Gasteiger partial charge >= 0.3 is 0 Å². The number of hydrogen-bond acceptors (Lipinski definition) is 4. The quantitative estimate of drug-likeness (QED) is 0.405. The lowest BCUT2D eigenvalue weighted by atomic mass is 10.1. The van der Waals surface area contributed by atoms with E-state index >= 15 is 0 Å². The summed E-state index contributed by atoms with van der Waals surface area (Å²) >= 11 is 0. The molecular weight excluding hydrogens is 242 g/mol. The van der Waals surface area contributed by atoms with Crippen LogP contribution < -0.4 is 11.3 Å². The minimum Gasteiger partial charge on any atom is -0.389 e. The molecule has 0 aliphatic heterocycles. The van der Waals surface area contributed by atoms with Gasteiger partial charge in [0.25, 0.3) is 5.91 Å². The first kappa shape index (κ1) is 15.6. The summed E-state index contributed by atoms with van der Waals surface area (Å²) in [7, 11) is 0. The van der Waals surface area contributed by atoms with Crippen LogP contribution in [0.15, 0.2) is 24.3 Å². The van der Waals surface area contributed by atoms with Crippen LogP contribution in [0.5, 0.6) is 0 Å². The van der Waals surface area contributed by atoms with Crippen LogP contribution in [0.25, 0.3) is 0 Å². The third kappa shape index (κ3) is 5.38. The van der Waals surface area contributed by atoms with Crippen LogP contribution in [0.4, 0.5) is 0 Å². The number of hydrazine groups is 1. The summed E-state index contributed by atoms with van der Waals surface area (Å²) < 4.78 is 0. The zero-order valence-corrected chi connectivity index (χ0v) is 11.8. The molecular formula is C14H23N3O2. The molecule has 1 aromatic rings. The van der Waals surface area contributed by atoms with Crippen molar-refractivity contribution in [1.82, 2.24) is 10.3 Å². The van der Waals surface area contributed by atoms with Crippen molar-refractivity contribution in [2.45, 2.75) is 32.9 Å². The van der Waals surface area contributed by atoms with Crippen molar-refractivity contribution in [2.75, 3.05) is 13.1 Å². The van der Waals surface area contributed by atoms with Gasteiger partial charge in [-0.25, -0.2) is 5.84 Å². The SMILES string of the molecule is CCN(Cc1cccc(C(=O)NN)c1)CC(C)(C)O. The predicted octanol–water partition coefficient (Wildman–Crippen LogP) is 0.883. The molecule has 5 nitrogen and oxygen atoms in total. The van der Waals surface area contributed by atoms with Crippen LogP contribution >= 0.6 is 0 Å². The number of nitrogens with one attached hydrogen (secondary N) is 1. The number of aliphatic hydroxyl groups is 1. The summed E-state index contributed by atoms with van der Waals surface area (Å²) in [5.74, 6) is 4.82. The Morgan fingerprint density at radius 3 is 2.68 bits per heavy atom. The van der Waals surface area contributed by atoms with E-state index in [0.29, 0.717) is 18.7 Å². The second-order valence-electron chi connectivity index (χ2n) is 5.29. The van der Waals surface area contributed by atoms with E-state index in [4.69, 9.17) is 5.84 Å². The lowest BCUT2D eigenvalue weighted by molar-refractivity contribution is 0.0353. The first-order valence-electron chi connectivity index (χ1n) is 6.40. The Hall–Kier alpha value is -1.43. The van der Waals surface area contributed by atoms with Crippen LogP contribution in [0.3, 0.4) is 0 Å². The van der Waals surface area contributed by atoms with Crippen molar-refractivity contribution in [3.8, 4) is 0 Å². The number of likely N-dealkylation sites (N-methyl/N-ethyl adjacent to an activating group) is 1. The fourth-order valence-corrected chi connectivity index (χ4v) is 1.98. The van der Waals surface area contributed by atoms with Crippen LogP contribution in [0.2, 0.25) is 0 Å². The van der Waals surface area contributed by atoms with E-state index in [-0.39, 0.29) is 5.91 Å². The number of benzene rings is 1. The number of rotatable bonds is 6. The number of nitrogen functional groups attached to an aromatic ring is 1. The van der Waals surface area contributed by atoms with Crippen LogP contribution in [0, 0.1) is 0 Å². The zero-order chi connectivity index (χ0) is 14.5. The van der Waals surface area contributed by atoms with Crippen molar-refractivity contribution in [3.63, 3.8) is 0 Å².